The highest BCUT2D eigenvalue weighted by atomic mass is 16.5. The zero-order valence-corrected chi connectivity index (χ0v) is 11.9. The molecule has 102 valence electrons. The van der Waals surface area contributed by atoms with E-state index in [9.17, 15) is 9.59 Å². The summed E-state index contributed by atoms with van der Waals surface area (Å²) in [5.74, 6) is -0.335. The van der Waals surface area contributed by atoms with Gasteiger partial charge in [0.2, 0.25) is 0 Å². The number of benzene rings is 1. The number of carbonyl (C=O) groups is 2. The van der Waals surface area contributed by atoms with Crippen LogP contribution in [0.25, 0.3) is 0 Å². The lowest BCUT2D eigenvalue weighted by atomic mass is 9.74. The summed E-state index contributed by atoms with van der Waals surface area (Å²) >= 11 is 0. The Morgan fingerprint density at radius 1 is 1.37 bits per heavy atom. The zero-order chi connectivity index (χ0) is 14.5. The molecule has 0 bridgehead atoms. The maximum Gasteiger partial charge on any atom is 0.322 e. The van der Waals surface area contributed by atoms with Gasteiger partial charge < -0.3 is 14.3 Å². The average molecular weight is 261 g/mol. The molecule has 0 unspecified atom stereocenters. The number of nitrogens with zero attached hydrogens (tertiary/aromatic N) is 1. The first kappa shape index (κ1) is 15.4. The van der Waals surface area contributed by atoms with Gasteiger partial charge in [-0.25, -0.2) is 0 Å². The lowest BCUT2D eigenvalue weighted by molar-refractivity contribution is -0.147. The van der Waals surface area contributed by atoms with Gasteiger partial charge >= 0.3 is 5.97 Å². The molecule has 19 heavy (non-hydrogen) atoms. The maximum absolute atomic E-state index is 12.1. The number of hydrogen-bond acceptors (Lipinski definition) is 4. The minimum absolute atomic E-state index is 0.191. The lowest BCUT2D eigenvalue weighted by Crippen LogP contribution is -2.53. The van der Waals surface area contributed by atoms with Crippen molar-refractivity contribution in [1.82, 2.24) is 4.81 Å². The van der Waals surface area contributed by atoms with Gasteiger partial charge in [-0.2, -0.15) is 0 Å². The van der Waals surface area contributed by atoms with Crippen LogP contribution in [0.15, 0.2) is 30.3 Å². The Morgan fingerprint density at radius 3 is 2.42 bits per heavy atom. The van der Waals surface area contributed by atoms with Gasteiger partial charge in [-0.15, -0.1) is 0 Å². The molecule has 0 aliphatic heterocycles. The monoisotopic (exact) mass is 261 g/mol. The molecule has 4 nitrogen and oxygen atoms in total. The Morgan fingerprint density at radius 2 is 1.95 bits per heavy atom. The molecule has 0 fully saturated rings. The maximum atomic E-state index is 12.1. The first-order chi connectivity index (χ1) is 8.95. The van der Waals surface area contributed by atoms with Gasteiger partial charge in [-0.3, -0.25) is 4.79 Å². The zero-order valence-electron chi connectivity index (χ0n) is 11.9. The molecule has 0 aromatic heterocycles. The van der Waals surface area contributed by atoms with Crippen molar-refractivity contribution >= 4 is 19.6 Å². The number of esters is 1. The predicted molar refractivity (Wildman–Crippen MR) is 76.9 cm³/mol. The Labute approximate surface area is 115 Å². The molecule has 0 radical (unpaired) electrons. The summed E-state index contributed by atoms with van der Waals surface area (Å²) in [6.45, 7) is 3.95. The fraction of sp³-hybridized carbons (Fsp3) is 0.429. The highest BCUT2D eigenvalue weighted by Gasteiger charge is 2.40. The van der Waals surface area contributed by atoms with Gasteiger partial charge in [-0.05, 0) is 12.6 Å². The van der Waals surface area contributed by atoms with Crippen LogP contribution in [-0.4, -0.2) is 44.6 Å². The summed E-state index contributed by atoms with van der Waals surface area (Å²) in [5, 5.41) is 0. The van der Waals surface area contributed by atoms with Crippen molar-refractivity contribution in [3.05, 3.63) is 35.9 Å². The molecule has 1 aromatic rings. The second kappa shape index (κ2) is 6.52. The van der Waals surface area contributed by atoms with Crippen LogP contribution < -0.4 is 0 Å². The van der Waals surface area contributed by atoms with E-state index in [0.29, 0.717) is 0 Å². The Kier molecular flexibility index (Phi) is 5.30. The van der Waals surface area contributed by atoms with Crippen molar-refractivity contribution in [3.8, 4) is 0 Å². The molecule has 0 amide bonds. The molecule has 0 N–H and O–H groups in total. The normalized spacial score (nSPS) is 12.9. The molecular formula is C14H20BNO3. The van der Waals surface area contributed by atoms with Crippen LogP contribution in [0.2, 0.25) is 0 Å². The van der Waals surface area contributed by atoms with Crippen LogP contribution in [0.4, 0.5) is 0 Å². The molecule has 0 aliphatic carbocycles. The molecule has 0 spiro atoms. The van der Waals surface area contributed by atoms with Crippen molar-refractivity contribution in [2.45, 2.75) is 25.3 Å². The molecular weight excluding hydrogens is 241 g/mol. The molecule has 1 aromatic carbocycles. The van der Waals surface area contributed by atoms with Crippen molar-refractivity contribution in [2.24, 2.45) is 0 Å². The number of likely N-dealkylation sites (N-methyl/N-ethyl adjacent to an activating group) is 1. The highest BCUT2D eigenvalue weighted by molar-refractivity contribution is 6.64. The van der Waals surface area contributed by atoms with Gasteiger partial charge in [0, 0.05) is 5.41 Å². The van der Waals surface area contributed by atoms with E-state index < -0.39 is 11.5 Å². The molecule has 1 rings (SSSR count). The van der Waals surface area contributed by atoms with E-state index in [1.165, 1.54) is 7.11 Å². The minimum atomic E-state index is -0.509. The molecule has 1 atom stereocenters. The number of hydrogen-bond donors (Lipinski definition) is 0. The van der Waals surface area contributed by atoms with Gasteiger partial charge in [0.05, 0.1) is 13.3 Å². The van der Waals surface area contributed by atoms with Crippen molar-refractivity contribution < 1.29 is 14.3 Å². The Bertz CT molecular complexity index is 434. The summed E-state index contributed by atoms with van der Waals surface area (Å²) in [6, 6.07) is 9.25. The van der Waals surface area contributed by atoms with E-state index in [-0.39, 0.29) is 13.4 Å². The molecule has 0 aliphatic rings. The van der Waals surface area contributed by atoms with E-state index in [1.807, 2.05) is 44.2 Å². The van der Waals surface area contributed by atoms with Crippen LogP contribution in [0, 0.1) is 0 Å². The first-order valence-electron chi connectivity index (χ1n) is 6.22. The van der Waals surface area contributed by atoms with Crippen LogP contribution in [0.1, 0.15) is 19.4 Å². The van der Waals surface area contributed by atoms with Gasteiger partial charge in [-0.1, -0.05) is 44.2 Å². The number of methoxy groups -OCH3 is 1. The average Bonchev–Trinajstić information content (AvgIpc) is 2.39. The first-order valence-corrected chi connectivity index (χ1v) is 6.22. The fourth-order valence-corrected chi connectivity index (χ4v) is 2.39. The van der Waals surface area contributed by atoms with Crippen LogP contribution in [-0.2, 0) is 19.7 Å². The largest absolute Gasteiger partial charge is 0.468 e. The molecule has 0 heterocycles. The predicted octanol–water partition coefficient (Wildman–Crippen LogP) is 0.979. The van der Waals surface area contributed by atoms with Crippen LogP contribution in [0.5, 0.6) is 0 Å². The van der Waals surface area contributed by atoms with Crippen molar-refractivity contribution in [3.63, 3.8) is 0 Å². The number of carbonyl (C=O) groups excluding carboxylic acids is 2. The van der Waals surface area contributed by atoms with E-state index in [4.69, 9.17) is 4.74 Å². The van der Waals surface area contributed by atoms with Crippen molar-refractivity contribution in [1.29, 1.82) is 0 Å². The topological polar surface area (TPSA) is 46.6 Å². The Hall–Kier alpha value is -1.62. The standard InChI is InChI=1S/C14H20BNO3/c1-14(2,11-8-6-5-7-9-11)12(13(18)19-4)16(3)15-10-17/h5-10,12,15H,1-4H3/t12-/m1/s1. The van der Waals surface area contributed by atoms with Gasteiger partial charge in [0.15, 0.2) is 0 Å². The van der Waals surface area contributed by atoms with E-state index >= 15 is 0 Å². The molecule has 0 saturated carbocycles. The summed E-state index contributed by atoms with van der Waals surface area (Å²) in [5.41, 5.74) is 0.578. The lowest BCUT2D eigenvalue weighted by Gasteiger charge is -2.38. The number of ether oxygens (including phenoxy) is 1. The second-order valence-electron chi connectivity index (χ2n) is 5.12. The summed E-state index contributed by atoms with van der Waals surface area (Å²) < 4.78 is 4.89. The van der Waals surface area contributed by atoms with Crippen LogP contribution >= 0.6 is 0 Å². The fourth-order valence-electron chi connectivity index (χ4n) is 2.39. The van der Waals surface area contributed by atoms with Gasteiger partial charge in [0.25, 0.3) is 7.41 Å². The van der Waals surface area contributed by atoms with Crippen LogP contribution in [0.3, 0.4) is 0 Å². The number of rotatable bonds is 6. The molecule has 5 heteroatoms. The molecule has 0 saturated heterocycles. The van der Waals surface area contributed by atoms with E-state index in [0.717, 1.165) is 11.7 Å². The highest BCUT2D eigenvalue weighted by Crippen LogP contribution is 2.30. The summed E-state index contributed by atoms with van der Waals surface area (Å²) in [4.78, 5) is 24.5. The SMILES string of the molecule is COC(=O)[C@@H](N(C)BC=O)C(C)(C)c1ccccc1. The van der Waals surface area contributed by atoms with Crippen molar-refractivity contribution in [2.75, 3.05) is 14.2 Å². The van der Waals surface area contributed by atoms with Gasteiger partial charge in [0.1, 0.15) is 6.04 Å². The summed E-state index contributed by atoms with van der Waals surface area (Å²) in [6.07, 6.45) is 0.789. The minimum Gasteiger partial charge on any atom is -0.468 e. The third-order valence-electron chi connectivity index (χ3n) is 3.43. The third-order valence-corrected chi connectivity index (χ3v) is 3.43. The Balaban J connectivity index is 3.15. The quantitative estimate of drug-likeness (QED) is 0.435. The van der Waals surface area contributed by atoms with E-state index in [1.54, 1.807) is 11.9 Å². The smallest absolute Gasteiger partial charge is 0.322 e. The van der Waals surface area contributed by atoms with E-state index in [2.05, 4.69) is 0 Å². The third kappa shape index (κ3) is 3.44. The second-order valence-corrected chi connectivity index (χ2v) is 5.12. The summed E-state index contributed by atoms with van der Waals surface area (Å²) in [7, 11) is 3.31.